The quantitative estimate of drug-likeness (QED) is 0.836. The molecule has 1 aromatic carbocycles. The summed E-state index contributed by atoms with van der Waals surface area (Å²) in [6, 6.07) is 5.53. The molecule has 5 heteroatoms. The molecule has 1 fully saturated rings. The van der Waals surface area contributed by atoms with Crippen LogP contribution >= 0.6 is 15.9 Å². The Morgan fingerprint density at radius 1 is 1.59 bits per heavy atom. The molecule has 1 aromatic rings. The number of rotatable bonds is 1. The minimum Gasteiger partial charge on any atom is -0.391 e. The van der Waals surface area contributed by atoms with E-state index in [1.54, 1.807) is 4.90 Å². The lowest BCUT2D eigenvalue weighted by Crippen LogP contribution is -2.33. The molecule has 0 saturated carbocycles. The maximum atomic E-state index is 11.9. The normalized spacial score (nSPS) is 19.5. The predicted molar refractivity (Wildman–Crippen MR) is 70.1 cm³/mol. The molecule has 4 nitrogen and oxygen atoms in total. The van der Waals surface area contributed by atoms with Crippen LogP contribution in [0.25, 0.3) is 0 Å². The van der Waals surface area contributed by atoms with Gasteiger partial charge in [0.1, 0.15) is 0 Å². The second-order valence-corrected chi connectivity index (χ2v) is 5.09. The van der Waals surface area contributed by atoms with E-state index in [4.69, 9.17) is 0 Å². The van der Waals surface area contributed by atoms with Crippen LogP contribution in [0.2, 0.25) is 0 Å². The van der Waals surface area contributed by atoms with E-state index >= 15 is 0 Å². The van der Waals surface area contributed by atoms with Gasteiger partial charge in [0, 0.05) is 23.2 Å². The monoisotopic (exact) mass is 298 g/mol. The topological polar surface area (TPSA) is 52.6 Å². The molecular formula is C12H15BrN2O2. The molecule has 0 aliphatic carbocycles. The summed E-state index contributed by atoms with van der Waals surface area (Å²) in [5, 5.41) is 12.2. The zero-order valence-corrected chi connectivity index (χ0v) is 11.2. The Bertz CT molecular complexity index is 437. The highest BCUT2D eigenvalue weighted by Gasteiger charge is 2.24. The predicted octanol–water partition coefficient (Wildman–Crippen LogP) is 2.36. The summed E-state index contributed by atoms with van der Waals surface area (Å²) >= 11 is 3.42. The Hall–Kier alpha value is -1.07. The van der Waals surface area contributed by atoms with Crippen molar-refractivity contribution in [3.63, 3.8) is 0 Å². The first-order chi connectivity index (χ1) is 8.08. The van der Waals surface area contributed by atoms with Gasteiger partial charge in [-0.25, -0.2) is 4.79 Å². The maximum absolute atomic E-state index is 11.9. The van der Waals surface area contributed by atoms with Gasteiger partial charge in [-0.05, 0) is 31.0 Å². The van der Waals surface area contributed by atoms with Gasteiger partial charge in [-0.1, -0.05) is 22.0 Å². The van der Waals surface area contributed by atoms with Crippen molar-refractivity contribution >= 4 is 27.6 Å². The van der Waals surface area contributed by atoms with E-state index in [1.165, 1.54) is 0 Å². The average molecular weight is 299 g/mol. The van der Waals surface area contributed by atoms with Crippen LogP contribution in [0, 0.1) is 6.92 Å². The molecular weight excluding hydrogens is 284 g/mol. The zero-order valence-electron chi connectivity index (χ0n) is 9.61. The fraction of sp³-hybridized carbons (Fsp3) is 0.417. The highest BCUT2D eigenvalue weighted by molar-refractivity contribution is 9.10. The van der Waals surface area contributed by atoms with E-state index < -0.39 is 0 Å². The average Bonchev–Trinajstić information content (AvgIpc) is 2.72. The largest absolute Gasteiger partial charge is 0.391 e. The molecule has 2 amide bonds. The maximum Gasteiger partial charge on any atom is 0.321 e. The van der Waals surface area contributed by atoms with Crippen LogP contribution in [-0.4, -0.2) is 35.2 Å². The summed E-state index contributed by atoms with van der Waals surface area (Å²) in [6.07, 6.45) is 0.273. The molecule has 1 aliphatic heterocycles. The second kappa shape index (κ2) is 5.06. The molecule has 0 radical (unpaired) electrons. The van der Waals surface area contributed by atoms with Crippen molar-refractivity contribution in [1.29, 1.82) is 0 Å². The molecule has 1 heterocycles. The Morgan fingerprint density at radius 3 is 3.00 bits per heavy atom. The molecule has 2 N–H and O–H groups in total. The van der Waals surface area contributed by atoms with E-state index in [0.717, 1.165) is 15.7 Å². The van der Waals surface area contributed by atoms with Gasteiger partial charge in [-0.2, -0.15) is 0 Å². The molecule has 1 unspecified atom stereocenters. The number of hydrogen-bond acceptors (Lipinski definition) is 2. The first-order valence-electron chi connectivity index (χ1n) is 5.57. The van der Waals surface area contributed by atoms with Gasteiger partial charge in [-0.3, -0.25) is 0 Å². The number of nitrogens with zero attached hydrogens (tertiary/aromatic N) is 1. The fourth-order valence-corrected chi connectivity index (χ4v) is 2.23. The Morgan fingerprint density at radius 2 is 2.35 bits per heavy atom. The van der Waals surface area contributed by atoms with Crippen LogP contribution in [0.3, 0.4) is 0 Å². The summed E-state index contributed by atoms with van der Waals surface area (Å²) in [6.45, 7) is 2.97. The van der Waals surface area contributed by atoms with E-state index in [0.29, 0.717) is 19.5 Å². The minimum atomic E-state index is -0.385. The lowest BCUT2D eigenvalue weighted by molar-refractivity contribution is 0.176. The number of hydrogen-bond donors (Lipinski definition) is 2. The Kier molecular flexibility index (Phi) is 3.69. The third-order valence-electron chi connectivity index (χ3n) is 2.96. The van der Waals surface area contributed by atoms with Crippen LogP contribution in [0.4, 0.5) is 10.5 Å². The summed E-state index contributed by atoms with van der Waals surface area (Å²) in [4.78, 5) is 13.5. The van der Waals surface area contributed by atoms with Crippen molar-refractivity contribution in [1.82, 2.24) is 4.90 Å². The van der Waals surface area contributed by atoms with Crippen LogP contribution in [-0.2, 0) is 0 Å². The van der Waals surface area contributed by atoms with Gasteiger partial charge in [-0.15, -0.1) is 0 Å². The van der Waals surface area contributed by atoms with Gasteiger partial charge in [0.05, 0.1) is 6.10 Å². The molecule has 92 valence electrons. The van der Waals surface area contributed by atoms with Gasteiger partial charge in [0.2, 0.25) is 0 Å². The van der Waals surface area contributed by atoms with E-state index in [2.05, 4.69) is 21.2 Å². The van der Waals surface area contributed by atoms with Crippen molar-refractivity contribution in [2.24, 2.45) is 0 Å². The van der Waals surface area contributed by atoms with Gasteiger partial charge < -0.3 is 15.3 Å². The summed E-state index contributed by atoms with van der Waals surface area (Å²) < 4.78 is 0.969. The summed E-state index contributed by atoms with van der Waals surface area (Å²) in [5.41, 5.74) is 1.80. The number of aliphatic hydroxyl groups is 1. The molecule has 1 saturated heterocycles. The number of urea groups is 1. The summed E-state index contributed by atoms with van der Waals surface area (Å²) in [7, 11) is 0. The SMILES string of the molecule is Cc1c(Br)cccc1NC(=O)N1CCC(O)C1. The zero-order chi connectivity index (χ0) is 12.4. The molecule has 0 aromatic heterocycles. The van der Waals surface area contributed by atoms with Crippen molar-refractivity contribution in [3.05, 3.63) is 28.2 Å². The highest BCUT2D eigenvalue weighted by Crippen LogP contribution is 2.24. The summed E-state index contributed by atoms with van der Waals surface area (Å²) in [5.74, 6) is 0. The highest BCUT2D eigenvalue weighted by atomic mass is 79.9. The number of anilines is 1. The molecule has 17 heavy (non-hydrogen) atoms. The van der Waals surface area contributed by atoms with E-state index in [9.17, 15) is 9.90 Å². The van der Waals surface area contributed by atoms with E-state index in [1.807, 2.05) is 25.1 Å². The minimum absolute atomic E-state index is 0.150. The Labute approximate surface area is 109 Å². The molecule has 0 bridgehead atoms. The number of halogens is 1. The second-order valence-electron chi connectivity index (χ2n) is 4.23. The smallest absolute Gasteiger partial charge is 0.321 e. The molecule has 2 rings (SSSR count). The first-order valence-corrected chi connectivity index (χ1v) is 6.36. The van der Waals surface area contributed by atoms with E-state index in [-0.39, 0.29) is 12.1 Å². The molecule has 1 aliphatic rings. The number of carbonyl (C=O) groups excluding carboxylic acids is 1. The fourth-order valence-electron chi connectivity index (χ4n) is 1.86. The van der Waals surface area contributed by atoms with Crippen molar-refractivity contribution in [2.45, 2.75) is 19.4 Å². The molecule has 0 spiro atoms. The van der Waals surface area contributed by atoms with Crippen molar-refractivity contribution in [3.8, 4) is 0 Å². The number of amides is 2. The van der Waals surface area contributed by atoms with Gasteiger partial charge in [0.15, 0.2) is 0 Å². The lowest BCUT2D eigenvalue weighted by atomic mass is 10.2. The third kappa shape index (κ3) is 2.79. The Balaban J connectivity index is 2.06. The number of carbonyl (C=O) groups is 1. The van der Waals surface area contributed by atoms with Crippen molar-refractivity contribution in [2.75, 3.05) is 18.4 Å². The van der Waals surface area contributed by atoms with Crippen molar-refractivity contribution < 1.29 is 9.90 Å². The number of β-amino-alcohol motifs (C(OH)–C–C–N with tert-alkyl or cyclic N) is 1. The number of likely N-dealkylation sites (tertiary alicyclic amines) is 1. The first kappa shape index (κ1) is 12.4. The number of nitrogens with one attached hydrogen (secondary N) is 1. The van der Waals surface area contributed by atoms with Crippen LogP contribution < -0.4 is 5.32 Å². The van der Waals surface area contributed by atoms with Gasteiger partial charge >= 0.3 is 6.03 Å². The standard InChI is InChI=1S/C12H15BrN2O2/c1-8-10(13)3-2-4-11(8)14-12(17)15-6-5-9(16)7-15/h2-4,9,16H,5-7H2,1H3,(H,14,17). The number of aliphatic hydroxyl groups excluding tert-OH is 1. The van der Waals surface area contributed by atoms with Crippen LogP contribution in [0.1, 0.15) is 12.0 Å². The third-order valence-corrected chi connectivity index (χ3v) is 3.82. The number of benzene rings is 1. The van der Waals surface area contributed by atoms with Crippen LogP contribution in [0.5, 0.6) is 0 Å². The van der Waals surface area contributed by atoms with Gasteiger partial charge in [0.25, 0.3) is 0 Å². The molecule has 1 atom stereocenters. The lowest BCUT2D eigenvalue weighted by Gasteiger charge is -2.17. The van der Waals surface area contributed by atoms with Crippen LogP contribution in [0.15, 0.2) is 22.7 Å².